The van der Waals surface area contributed by atoms with Crippen molar-refractivity contribution in [2.24, 2.45) is 21.6 Å². The third kappa shape index (κ3) is 4.85. The number of rotatable bonds is 7. The van der Waals surface area contributed by atoms with E-state index in [9.17, 15) is 0 Å². The van der Waals surface area contributed by atoms with Gasteiger partial charge in [-0.25, -0.2) is 10.0 Å². The maximum Gasteiger partial charge on any atom is 0.236 e. The Kier molecular flexibility index (Phi) is 6.09. The third-order valence-corrected chi connectivity index (χ3v) is 3.54. The maximum atomic E-state index is 9.06. The molecule has 0 radical (unpaired) electrons. The zero-order chi connectivity index (χ0) is 19.5. The highest BCUT2D eigenvalue weighted by Gasteiger charge is 2.30. The van der Waals surface area contributed by atoms with Crippen LogP contribution < -0.4 is 16.2 Å². The van der Waals surface area contributed by atoms with Crippen LogP contribution in [0.25, 0.3) is 0 Å². The van der Waals surface area contributed by atoms with Crippen LogP contribution in [0.4, 0.5) is 5.69 Å². The van der Waals surface area contributed by atoms with Crippen LogP contribution in [0.5, 0.6) is 5.75 Å². The Labute approximate surface area is 153 Å². The number of amidine groups is 1. The number of nitrogens with zero attached hydrogens (tertiary/aromatic N) is 4. The molecule has 1 heterocycles. The zero-order valence-corrected chi connectivity index (χ0v) is 15.6. The first-order chi connectivity index (χ1) is 12.1. The van der Waals surface area contributed by atoms with Crippen molar-refractivity contribution < 1.29 is 9.84 Å². The molecule has 0 bridgehead atoms. The number of aliphatic imine (C=N–C) groups is 1. The average Bonchev–Trinajstić information content (AvgIpc) is 2.85. The van der Waals surface area contributed by atoms with Crippen molar-refractivity contribution in [1.82, 2.24) is 9.91 Å². The number of ether oxygens (including phenoxy) is 1. The molecule has 0 saturated heterocycles. The van der Waals surface area contributed by atoms with E-state index in [0.717, 1.165) is 5.71 Å². The number of hydrogen-bond acceptors (Lipinski definition) is 8. The van der Waals surface area contributed by atoms with E-state index in [1.165, 1.54) is 0 Å². The molecule has 1 aromatic rings. The van der Waals surface area contributed by atoms with Gasteiger partial charge in [-0.3, -0.25) is 16.9 Å². The lowest BCUT2D eigenvalue weighted by atomic mass is 10.2. The molecule has 142 valence electrons. The average molecular weight is 361 g/mol. The van der Waals surface area contributed by atoms with E-state index in [1.54, 1.807) is 29.3 Å². The molecule has 0 unspecified atom stereocenters. The van der Waals surface area contributed by atoms with Crippen LogP contribution in [0.1, 0.15) is 13.8 Å². The monoisotopic (exact) mass is 361 g/mol. The molecule has 0 aromatic heterocycles. The first-order valence-electron chi connectivity index (χ1n) is 8.30. The van der Waals surface area contributed by atoms with Crippen molar-refractivity contribution in [2.45, 2.75) is 25.7 Å². The van der Waals surface area contributed by atoms with E-state index in [4.69, 9.17) is 26.7 Å². The molecule has 0 fully saturated rings. The number of aliphatic hydroxyl groups excluding tert-OH is 1. The zero-order valence-electron chi connectivity index (χ0n) is 15.6. The Morgan fingerprint density at radius 1 is 1.31 bits per heavy atom. The van der Waals surface area contributed by atoms with Crippen LogP contribution >= 0.6 is 0 Å². The molecule has 1 aliphatic rings. The molecule has 9 nitrogen and oxygen atoms in total. The minimum Gasteiger partial charge on any atom is -0.458 e. The molecule has 0 spiro atoms. The third-order valence-electron chi connectivity index (χ3n) is 3.54. The van der Waals surface area contributed by atoms with Crippen LogP contribution in [0.3, 0.4) is 0 Å². The second kappa shape index (κ2) is 7.92. The quantitative estimate of drug-likeness (QED) is 0.516. The Morgan fingerprint density at radius 3 is 2.42 bits per heavy atom. The van der Waals surface area contributed by atoms with Crippen LogP contribution in [0.15, 0.2) is 34.4 Å². The fraction of sp³-hybridized carbons (Fsp3) is 0.471. The van der Waals surface area contributed by atoms with Crippen molar-refractivity contribution in [3.05, 3.63) is 24.3 Å². The summed E-state index contributed by atoms with van der Waals surface area (Å²) in [7, 11) is 3.89. The van der Waals surface area contributed by atoms with Gasteiger partial charge in [-0.05, 0) is 52.2 Å². The van der Waals surface area contributed by atoms with Crippen molar-refractivity contribution in [1.29, 1.82) is 5.41 Å². The van der Waals surface area contributed by atoms with Crippen molar-refractivity contribution in [3.63, 3.8) is 0 Å². The smallest absolute Gasteiger partial charge is 0.236 e. The SMILES string of the molecule is CC(C)N1N=C(CN(C)C)C(=Nc2ccc(OC(N)(N)CO)cc2)C1=N. The van der Waals surface area contributed by atoms with Gasteiger partial charge >= 0.3 is 0 Å². The number of nitrogens with one attached hydrogen (secondary N) is 1. The largest absolute Gasteiger partial charge is 0.458 e. The summed E-state index contributed by atoms with van der Waals surface area (Å²) < 4.78 is 5.30. The standard InChI is InChI=1S/C17H27N7O2/c1-11(2)24-16(18)15(14(22-24)9-23(3)4)21-12-5-7-13(8-6-12)26-17(19,20)10-25/h5-8,11,18,25H,9-10,19-20H2,1-4H3. The molecule has 1 aliphatic heterocycles. The molecule has 0 amide bonds. The van der Waals surface area contributed by atoms with Crippen molar-refractivity contribution in [3.8, 4) is 5.75 Å². The Balaban J connectivity index is 2.26. The van der Waals surface area contributed by atoms with Gasteiger partial charge in [0.05, 0.1) is 5.69 Å². The summed E-state index contributed by atoms with van der Waals surface area (Å²) in [6.07, 6.45) is 0. The molecule has 0 aliphatic carbocycles. The molecule has 2 rings (SSSR count). The molecular weight excluding hydrogens is 334 g/mol. The van der Waals surface area contributed by atoms with Crippen LogP contribution in [0.2, 0.25) is 0 Å². The van der Waals surface area contributed by atoms with Crippen LogP contribution in [-0.2, 0) is 0 Å². The fourth-order valence-electron chi connectivity index (χ4n) is 2.34. The van der Waals surface area contributed by atoms with Crippen molar-refractivity contribution >= 4 is 22.9 Å². The van der Waals surface area contributed by atoms with E-state index in [2.05, 4.69) is 10.1 Å². The lowest BCUT2D eigenvalue weighted by Gasteiger charge is -2.23. The number of aliphatic hydroxyl groups is 1. The van der Waals surface area contributed by atoms with Gasteiger partial charge in [0.15, 0.2) is 5.84 Å². The van der Waals surface area contributed by atoms with Crippen LogP contribution in [0, 0.1) is 5.41 Å². The minimum atomic E-state index is -1.63. The van der Waals surface area contributed by atoms with Gasteiger partial charge in [-0.15, -0.1) is 0 Å². The molecule has 0 atom stereocenters. The van der Waals surface area contributed by atoms with Gasteiger partial charge in [-0.2, -0.15) is 5.10 Å². The van der Waals surface area contributed by atoms with Gasteiger partial charge in [0.2, 0.25) is 5.85 Å². The summed E-state index contributed by atoms with van der Waals surface area (Å²) in [6.45, 7) is 4.04. The van der Waals surface area contributed by atoms with E-state index in [-0.39, 0.29) is 11.9 Å². The Hall–Kier alpha value is -2.33. The highest BCUT2D eigenvalue weighted by molar-refractivity contribution is 6.70. The van der Waals surface area contributed by atoms with Crippen molar-refractivity contribution in [2.75, 3.05) is 27.2 Å². The molecule has 26 heavy (non-hydrogen) atoms. The van der Waals surface area contributed by atoms with Gasteiger partial charge in [0.1, 0.15) is 23.8 Å². The molecule has 9 heteroatoms. The highest BCUT2D eigenvalue weighted by Crippen LogP contribution is 2.22. The predicted molar refractivity (Wildman–Crippen MR) is 103 cm³/mol. The number of nitrogens with two attached hydrogens (primary N) is 2. The first-order valence-corrected chi connectivity index (χ1v) is 8.30. The molecule has 0 saturated carbocycles. The summed E-state index contributed by atoms with van der Waals surface area (Å²) in [5.74, 6) is -0.939. The Morgan fingerprint density at radius 2 is 1.92 bits per heavy atom. The van der Waals surface area contributed by atoms with E-state index >= 15 is 0 Å². The topological polar surface area (TPSA) is 137 Å². The van der Waals surface area contributed by atoms with Gasteiger partial charge in [0.25, 0.3) is 0 Å². The number of benzene rings is 1. The summed E-state index contributed by atoms with van der Waals surface area (Å²) >= 11 is 0. The summed E-state index contributed by atoms with van der Waals surface area (Å²) in [4.78, 5) is 6.58. The normalized spacial score (nSPS) is 16.8. The molecular formula is C17H27N7O2. The molecule has 6 N–H and O–H groups in total. The van der Waals surface area contributed by atoms with Crippen LogP contribution in [-0.4, -0.2) is 71.4 Å². The first kappa shape index (κ1) is 20.0. The van der Waals surface area contributed by atoms with Gasteiger partial charge in [-0.1, -0.05) is 0 Å². The maximum absolute atomic E-state index is 9.06. The Bertz CT molecular complexity index is 708. The number of hydrazone groups is 1. The fourth-order valence-corrected chi connectivity index (χ4v) is 2.34. The van der Waals surface area contributed by atoms with E-state index < -0.39 is 12.5 Å². The second-order valence-electron chi connectivity index (χ2n) is 6.74. The highest BCUT2D eigenvalue weighted by atomic mass is 16.5. The predicted octanol–water partition coefficient (Wildman–Crippen LogP) is 0.320. The minimum absolute atomic E-state index is 0.0730. The lowest BCUT2D eigenvalue weighted by molar-refractivity contribution is 0.0198. The second-order valence-corrected chi connectivity index (χ2v) is 6.74. The molecule has 1 aromatic carbocycles. The van der Waals surface area contributed by atoms with Gasteiger partial charge < -0.3 is 14.7 Å². The summed E-state index contributed by atoms with van der Waals surface area (Å²) in [5, 5.41) is 23.6. The van der Waals surface area contributed by atoms with E-state index in [0.29, 0.717) is 23.7 Å². The van der Waals surface area contributed by atoms with Gasteiger partial charge in [0, 0.05) is 12.6 Å². The number of hydrogen-bond donors (Lipinski definition) is 4. The summed E-state index contributed by atoms with van der Waals surface area (Å²) in [5.41, 5.74) is 13.1. The van der Waals surface area contributed by atoms with E-state index in [1.807, 2.05) is 32.8 Å². The lowest BCUT2D eigenvalue weighted by Crippen LogP contribution is -2.57. The summed E-state index contributed by atoms with van der Waals surface area (Å²) in [6, 6.07) is 6.85.